The van der Waals surface area contributed by atoms with Crippen LogP contribution in [0.15, 0.2) is 6.33 Å². The molecule has 3 rings (SSSR count). The second-order valence-corrected chi connectivity index (χ2v) is 7.64. The van der Waals surface area contributed by atoms with Crippen molar-refractivity contribution in [2.75, 3.05) is 59.8 Å². The van der Waals surface area contributed by atoms with E-state index in [2.05, 4.69) is 25.6 Å². The van der Waals surface area contributed by atoms with Crippen LogP contribution in [0.25, 0.3) is 0 Å². The van der Waals surface area contributed by atoms with Crippen LogP contribution in [-0.2, 0) is 0 Å². The van der Waals surface area contributed by atoms with Gasteiger partial charge in [-0.05, 0) is 0 Å². The summed E-state index contributed by atoms with van der Waals surface area (Å²) >= 11 is 3.66. The highest BCUT2D eigenvalue weighted by atomic mass is 32.2. The standard InChI is InChI=1S/C13H19N7O2S2/c21-12(19-1-5-23-6-2-19)17-10-14-9-15-11(16-10)18-13(22)20-3-7-24-8-4-20/h9H,1-8H2,(H2,14,15,16,17,18,21,22). The second kappa shape index (κ2) is 8.38. The van der Waals surface area contributed by atoms with Gasteiger partial charge >= 0.3 is 12.1 Å². The SMILES string of the molecule is O=C(Nc1ncnc(NC(=O)N2CCSCC2)n1)N1CCSCC1. The summed E-state index contributed by atoms with van der Waals surface area (Å²) in [6.45, 7) is 2.83. The van der Waals surface area contributed by atoms with E-state index in [0.29, 0.717) is 26.2 Å². The molecule has 1 aromatic rings. The van der Waals surface area contributed by atoms with Gasteiger partial charge in [0.2, 0.25) is 11.9 Å². The van der Waals surface area contributed by atoms with Gasteiger partial charge in [-0.25, -0.2) is 19.6 Å². The number of aromatic nitrogens is 3. The van der Waals surface area contributed by atoms with Crippen LogP contribution in [0.1, 0.15) is 0 Å². The normalized spacial score (nSPS) is 18.2. The van der Waals surface area contributed by atoms with E-state index < -0.39 is 0 Å². The summed E-state index contributed by atoms with van der Waals surface area (Å²) < 4.78 is 0. The van der Waals surface area contributed by atoms with Crippen LogP contribution in [-0.4, -0.2) is 86.0 Å². The molecule has 11 heteroatoms. The molecule has 24 heavy (non-hydrogen) atoms. The number of nitrogens with zero attached hydrogens (tertiary/aromatic N) is 5. The lowest BCUT2D eigenvalue weighted by Crippen LogP contribution is -2.41. The third-order valence-corrected chi connectivity index (χ3v) is 5.49. The number of nitrogens with one attached hydrogen (secondary N) is 2. The molecule has 0 saturated carbocycles. The Kier molecular flexibility index (Phi) is 5.96. The summed E-state index contributed by atoms with van der Waals surface area (Å²) in [5.74, 6) is 4.00. The smallest absolute Gasteiger partial charge is 0.323 e. The molecular weight excluding hydrogens is 350 g/mol. The molecule has 0 bridgehead atoms. The number of hydrogen-bond acceptors (Lipinski definition) is 7. The van der Waals surface area contributed by atoms with Crippen molar-refractivity contribution in [1.29, 1.82) is 0 Å². The molecule has 2 aliphatic heterocycles. The van der Waals surface area contributed by atoms with Gasteiger partial charge in [-0.1, -0.05) is 0 Å². The molecule has 0 aromatic carbocycles. The number of thioether (sulfide) groups is 2. The zero-order valence-corrected chi connectivity index (χ0v) is 14.7. The fourth-order valence-corrected chi connectivity index (χ4v) is 4.11. The fourth-order valence-electron chi connectivity index (χ4n) is 2.30. The molecule has 0 unspecified atom stereocenters. The van der Waals surface area contributed by atoms with Crippen LogP contribution in [0, 0.1) is 0 Å². The Morgan fingerprint density at radius 2 is 1.25 bits per heavy atom. The maximum atomic E-state index is 12.2. The van der Waals surface area contributed by atoms with Crippen LogP contribution < -0.4 is 10.6 Å². The van der Waals surface area contributed by atoms with Crippen LogP contribution >= 0.6 is 23.5 Å². The number of anilines is 2. The van der Waals surface area contributed by atoms with E-state index in [1.165, 1.54) is 6.33 Å². The number of carbonyl (C=O) groups excluding carboxylic acids is 2. The van der Waals surface area contributed by atoms with E-state index in [0.717, 1.165) is 23.0 Å². The molecule has 9 nitrogen and oxygen atoms in total. The summed E-state index contributed by atoms with van der Waals surface area (Å²) in [6.07, 6.45) is 1.27. The lowest BCUT2D eigenvalue weighted by Gasteiger charge is -2.26. The zero-order chi connectivity index (χ0) is 16.8. The quantitative estimate of drug-likeness (QED) is 0.802. The maximum absolute atomic E-state index is 12.2. The number of amides is 4. The molecular formula is C13H19N7O2S2. The first-order valence-electron chi connectivity index (χ1n) is 7.69. The summed E-state index contributed by atoms with van der Waals surface area (Å²) in [7, 11) is 0. The van der Waals surface area contributed by atoms with E-state index in [1.807, 2.05) is 23.5 Å². The number of carbonyl (C=O) groups is 2. The Morgan fingerprint density at radius 3 is 1.67 bits per heavy atom. The van der Waals surface area contributed by atoms with Gasteiger partial charge in [0.15, 0.2) is 0 Å². The first kappa shape index (κ1) is 17.1. The Bertz CT molecular complexity index is 544. The Balaban J connectivity index is 1.57. The molecule has 0 aliphatic carbocycles. The summed E-state index contributed by atoms with van der Waals surface area (Å²) in [4.78, 5) is 39.7. The Labute approximate surface area is 148 Å². The van der Waals surface area contributed by atoms with Crippen LogP contribution in [0.5, 0.6) is 0 Å². The van der Waals surface area contributed by atoms with Gasteiger partial charge in [0.05, 0.1) is 0 Å². The largest absolute Gasteiger partial charge is 0.324 e. The number of hydrogen-bond donors (Lipinski definition) is 2. The van der Waals surface area contributed by atoms with Gasteiger partial charge in [0.25, 0.3) is 0 Å². The van der Waals surface area contributed by atoms with Crippen molar-refractivity contribution in [3.05, 3.63) is 6.33 Å². The van der Waals surface area contributed by atoms with Crippen molar-refractivity contribution in [2.24, 2.45) is 0 Å². The van der Waals surface area contributed by atoms with Gasteiger partial charge in [-0.3, -0.25) is 10.6 Å². The molecule has 4 amide bonds. The number of rotatable bonds is 2. The first-order valence-corrected chi connectivity index (χ1v) is 10.00. The minimum atomic E-state index is -0.230. The maximum Gasteiger partial charge on any atom is 0.324 e. The summed E-state index contributed by atoms with van der Waals surface area (Å²) in [5, 5.41) is 5.30. The average Bonchev–Trinajstić information content (AvgIpc) is 2.63. The third-order valence-electron chi connectivity index (χ3n) is 3.61. The van der Waals surface area contributed by atoms with Crippen LogP contribution in [0.3, 0.4) is 0 Å². The van der Waals surface area contributed by atoms with Gasteiger partial charge in [0.1, 0.15) is 6.33 Å². The van der Waals surface area contributed by atoms with Crippen molar-refractivity contribution in [1.82, 2.24) is 24.8 Å². The molecule has 0 atom stereocenters. The minimum absolute atomic E-state index is 0.137. The number of urea groups is 2. The molecule has 0 spiro atoms. The van der Waals surface area contributed by atoms with E-state index in [-0.39, 0.29) is 24.0 Å². The average molecular weight is 369 g/mol. The van der Waals surface area contributed by atoms with Crippen molar-refractivity contribution >= 4 is 47.5 Å². The molecule has 3 heterocycles. The Morgan fingerprint density at radius 1 is 0.833 bits per heavy atom. The van der Waals surface area contributed by atoms with Gasteiger partial charge < -0.3 is 9.80 Å². The molecule has 0 radical (unpaired) electrons. The molecule has 1 aromatic heterocycles. The lowest BCUT2D eigenvalue weighted by atomic mass is 10.5. The molecule has 2 fully saturated rings. The minimum Gasteiger partial charge on any atom is -0.323 e. The second-order valence-electron chi connectivity index (χ2n) is 5.19. The van der Waals surface area contributed by atoms with Gasteiger partial charge in [-0.15, -0.1) is 0 Å². The van der Waals surface area contributed by atoms with Crippen molar-refractivity contribution in [2.45, 2.75) is 0 Å². The monoisotopic (exact) mass is 369 g/mol. The molecule has 2 aliphatic rings. The predicted octanol–water partition coefficient (Wildman–Crippen LogP) is 1.03. The molecule has 2 saturated heterocycles. The van der Waals surface area contributed by atoms with Crippen molar-refractivity contribution < 1.29 is 9.59 Å². The van der Waals surface area contributed by atoms with Gasteiger partial charge in [-0.2, -0.15) is 28.5 Å². The van der Waals surface area contributed by atoms with E-state index in [9.17, 15) is 9.59 Å². The van der Waals surface area contributed by atoms with Crippen molar-refractivity contribution in [3.63, 3.8) is 0 Å². The van der Waals surface area contributed by atoms with Crippen LogP contribution in [0.4, 0.5) is 21.5 Å². The van der Waals surface area contributed by atoms with Gasteiger partial charge in [0, 0.05) is 49.2 Å². The fraction of sp³-hybridized carbons (Fsp3) is 0.615. The van der Waals surface area contributed by atoms with E-state index in [4.69, 9.17) is 0 Å². The van der Waals surface area contributed by atoms with E-state index >= 15 is 0 Å². The van der Waals surface area contributed by atoms with Crippen molar-refractivity contribution in [3.8, 4) is 0 Å². The Hall–Kier alpha value is -1.75. The highest BCUT2D eigenvalue weighted by molar-refractivity contribution is 7.99. The highest BCUT2D eigenvalue weighted by Crippen LogP contribution is 2.12. The van der Waals surface area contributed by atoms with Crippen LogP contribution in [0.2, 0.25) is 0 Å². The highest BCUT2D eigenvalue weighted by Gasteiger charge is 2.19. The molecule has 130 valence electrons. The zero-order valence-electron chi connectivity index (χ0n) is 13.1. The topological polar surface area (TPSA) is 103 Å². The third kappa shape index (κ3) is 4.63. The lowest BCUT2D eigenvalue weighted by molar-refractivity contribution is 0.216. The first-order chi connectivity index (χ1) is 11.7. The summed E-state index contributed by atoms with van der Waals surface area (Å²) in [5.41, 5.74) is 0. The molecule has 2 N–H and O–H groups in total. The summed E-state index contributed by atoms with van der Waals surface area (Å²) in [6, 6.07) is -0.460. The predicted molar refractivity (Wildman–Crippen MR) is 95.7 cm³/mol. The van der Waals surface area contributed by atoms with E-state index in [1.54, 1.807) is 9.80 Å².